The number of hydrogen-bond donors (Lipinski definition) is 0. The molecule has 0 saturated heterocycles. The van der Waals surface area contributed by atoms with Gasteiger partial charge in [-0.1, -0.05) is 12.1 Å². The first-order valence-corrected chi connectivity index (χ1v) is 5.87. The van der Waals surface area contributed by atoms with Crippen molar-refractivity contribution in [2.75, 3.05) is 19.1 Å². The number of methoxy groups -OCH3 is 1. The molecule has 0 heterocycles. The summed E-state index contributed by atoms with van der Waals surface area (Å²) in [6.45, 7) is 0. The zero-order chi connectivity index (χ0) is 13.8. The molecular formula is C15H14N2O2. The van der Waals surface area contributed by atoms with Gasteiger partial charge in [-0.05, 0) is 35.0 Å². The topological polar surface area (TPSA) is 53.3 Å². The van der Waals surface area contributed by atoms with Crippen molar-refractivity contribution in [1.29, 1.82) is 5.26 Å². The number of carbonyl (C=O) groups excluding carboxylic acids is 1. The smallest absolute Gasteiger partial charge is 0.240 e. The molecule has 0 fully saturated rings. The number of nitriles is 1. The molecule has 19 heavy (non-hydrogen) atoms. The normalized spacial score (nSPS) is 9.95. The van der Waals surface area contributed by atoms with Crippen molar-refractivity contribution < 1.29 is 9.53 Å². The maximum Gasteiger partial charge on any atom is 0.240 e. The molecule has 0 bridgehead atoms. The van der Waals surface area contributed by atoms with Crippen molar-refractivity contribution >= 4 is 22.4 Å². The summed E-state index contributed by atoms with van der Waals surface area (Å²) < 4.78 is 5.17. The van der Waals surface area contributed by atoms with Gasteiger partial charge in [0.25, 0.3) is 0 Å². The molecule has 0 aliphatic carbocycles. The lowest BCUT2D eigenvalue weighted by molar-refractivity contribution is -0.117. The molecule has 0 aliphatic heterocycles. The number of hydrogen-bond acceptors (Lipinski definition) is 3. The maximum absolute atomic E-state index is 11.7. The molecular weight excluding hydrogens is 240 g/mol. The predicted molar refractivity (Wildman–Crippen MR) is 74.1 cm³/mol. The molecule has 4 heteroatoms. The fraction of sp³-hybridized carbons (Fsp3) is 0.200. The van der Waals surface area contributed by atoms with Crippen molar-refractivity contribution in [3.8, 4) is 11.8 Å². The van der Waals surface area contributed by atoms with E-state index in [4.69, 9.17) is 10.00 Å². The van der Waals surface area contributed by atoms with Gasteiger partial charge in [0, 0.05) is 12.7 Å². The van der Waals surface area contributed by atoms with Crippen molar-refractivity contribution in [3.05, 3.63) is 36.4 Å². The second kappa shape index (κ2) is 5.40. The third-order valence-electron chi connectivity index (χ3n) is 3.02. The first-order chi connectivity index (χ1) is 9.15. The summed E-state index contributed by atoms with van der Waals surface area (Å²) in [5.74, 6) is 0.588. The molecule has 0 saturated carbocycles. The molecule has 0 aromatic heterocycles. The fourth-order valence-electron chi connectivity index (χ4n) is 1.88. The second-order valence-corrected chi connectivity index (χ2v) is 4.19. The van der Waals surface area contributed by atoms with E-state index >= 15 is 0 Å². The molecule has 0 aliphatic rings. The number of benzene rings is 2. The quantitative estimate of drug-likeness (QED) is 0.846. The molecule has 0 unspecified atom stereocenters. The fourth-order valence-corrected chi connectivity index (χ4v) is 1.88. The molecule has 2 rings (SSSR count). The highest BCUT2D eigenvalue weighted by molar-refractivity contribution is 5.97. The summed E-state index contributed by atoms with van der Waals surface area (Å²) >= 11 is 0. The summed E-state index contributed by atoms with van der Waals surface area (Å²) in [4.78, 5) is 13.2. The van der Waals surface area contributed by atoms with Gasteiger partial charge >= 0.3 is 0 Å². The van der Waals surface area contributed by atoms with E-state index < -0.39 is 0 Å². The van der Waals surface area contributed by atoms with Crippen LogP contribution in [-0.4, -0.2) is 20.1 Å². The Morgan fingerprint density at radius 2 is 1.95 bits per heavy atom. The Labute approximate surface area is 111 Å². The Kier molecular flexibility index (Phi) is 3.67. The third-order valence-corrected chi connectivity index (χ3v) is 3.02. The first-order valence-electron chi connectivity index (χ1n) is 5.87. The Morgan fingerprint density at radius 1 is 1.26 bits per heavy atom. The Morgan fingerprint density at radius 3 is 2.63 bits per heavy atom. The second-order valence-electron chi connectivity index (χ2n) is 4.19. The Balaban J connectivity index is 2.37. The van der Waals surface area contributed by atoms with Crippen LogP contribution >= 0.6 is 0 Å². The van der Waals surface area contributed by atoms with Crippen LogP contribution in [0.15, 0.2) is 36.4 Å². The van der Waals surface area contributed by atoms with Gasteiger partial charge in [0.05, 0.1) is 13.2 Å². The summed E-state index contributed by atoms with van der Waals surface area (Å²) in [5.41, 5.74) is 0.776. The Bertz CT molecular complexity index is 659. The molecule has 0 radical (unpaired) electrons. The number of rotatable bonds is 3. The van der Waals surface area contributed by atoms with Crippen LogP contribution in [0.2, 0.25) is 0 Å². The average Bonchev–Trinajstić information content (AvgIpc) is 2.45. The van der Waals surface area contributed by atoms with Crippen molar-refractivity contribution in [2.24, 2.45) is 0 Å². The van der Waals surface area contributed by atoms with Crippen LogP contribution < -0.4 is 9.64 Å². The molecule has 2 aromatic carbocycles. The SMILES string of the molecule is COc1ccc2cc(N(C)C(=O)CC#N)ccc2c1. The minimum atomic E-state index is -0.213. The number of fused-ring (bicyclic) bond motifs is 1. The van der Waals surface area contributed by atoms with E-state index in [1.54, 1.807) is 14.2 Å². The number of nitrogens with zero attached hydrogens (tertiary/aromatic N) is 2. The highest BCUT2D eigenvalue weighted by atomic mass is 16.5. The minimum absolute atomic E-state index is 0.114. The molecule has 0 atom stereocenters. The number of amides is 1. The van der Waals surface area contributed by atoms with Gasteiger partial charge in [-0.15, -0.1) is 0 Å². The third kappa shape index (κ3) is 2.66. The van der Waals surface area contributed by atoms with Crippen molar-refractivity contribution in [1.82, 2.24) is 0 Å². The van der Waals surface area contributed by atoms with Gasteiger partial charge in [-0.3, -0.25) is 4.79 Å². The first kappa shape index (κ1) is 12.9. The van der Waals surface area contributed by atoms with Crippen LogP contribution in [-0.2, 0) is 4.79 Å². The summed E-state index contributed by atoms with van der Waals surface area (Å²) in [7, 11) is 3.30. The maximum atomic E-state index is 11.7. The lowest BCUT2D eigenvalue weighted by Crippen LogP contribution is -2.25. The number of anilines is 1. The zero-order valence-corrected chi connectivity index (χ0v) is 10.9. The summed E-state index contributed by atoms with van der Waals surface area (Å²) in [6.07, 6.45) is -0.114. The van der Waals surface area contributed by atoms with Gasteiger partial charge in [0.2, 0.25) is 5.91 Å². The monoisotopic (exact) mass is 254 g/mol. The standard InChI is InChI=1S/C15H14N2O2/c1-17(15(18)7-8-16)13-5-3-12-10-14(19-2)6-4-11(12)9-13/h3-6,9-10H,7H2,1-2H3. The van der Waals surface area contributed by atoms with Crippen molar-refractivity contribution in [3.63, 3.8) is 0 Å². The number of ether oxygens (including phenoxy) is 1. The van der Waals surface area contributed by atoms with E-state index in [2.05, 4.69) is 0 Å². The molecule has 4 nitrogen and oxygen atoms in total. The largest absolute Gasteiger partial charge is 0.497 e. The predicted octanol–water partition coefficient (Wildman–Crippen LogP) is 2.72. The lowest BCUT2D eigenvalue weighted by atomic mass is 10.1. The van der Waals surface area contributed by atoms with Crippen molar-refractivity contribution in [2.45, 2.75) is 6.42 Å². The minimum Gasteiger partial charge on any atom is -0.497 e. The van der Waals surface area contributed by atoms with Gasteiger partial charge in [-0.2, -0.15) is 5.26 Å². The van der Waals surface area contributed by atoms with Gasteiger partial charge in [-0.25, -0.2) is 0 Å². The molecule has 96 valence electrons. The average molecular weight is 254 g/mol. The van der Waals surface area contributed by atoms with E-state index in [1.165, 1.54) is 4.90 Å². The van der Waals surface area contributed by atoms with Crippen LogP contribution in [0.3, 0.4) is 0 Å². The molecule has 0 N–H and O–H groups in total. The van der Waals surface area contributed by atoms with Crippen LogP contribution in [0.4, 0.5) is 5.69 Å². The lowest BCUT2D eigenvalue weighted by Gasteiger charge is -2.16. The summed E-state index contributed by atoms with van der Waals surface area (Å²) in [6, 6.07) is 13.3. The van der Waals surface area contributed by atoms with E-state index in [0.717, 1.165) is 22.2 Å². The van der Waals surface area contributed by atoms with E-state index in [-0.39, 0.29) is 12.3 Å². The van der Waals surface area contributed by atoms with E-state index in [1.807, 2.05) is 42.5 Å². The van der Waals surface area contributed by atoms with E-state index in [9.17, 15) is 4.79 Å². The molecule has 0 spiro atoms. The van der Waals surface area contributed by atoms with Gasteiger partial charge in [0.15, 0.2) is 0 Å². The highest BCUT2D eigenvalue weighted by Gasteiger charge is 2.10. The molecule has 1 amide bonds. The van der Waals surface area contributed by atoms with E-state index in [0.29, 0.717) is 0 Å². The summed E-state index contributed by atoms with van der Waals surface area (Å²) in [5, 5.41) is 10.6. The van der Waals surface area contributed by atoms with Crippen LogP contribution in [0.5, 0.6) is 5.75 Å². The zero-order valence-electron chi connectivity index (χ0n) is 10.9. The van der Waals surface area contributed by atoms with Gasteiger partial charge in [0.1, 0.15) is 12.2 Å². The van der Waals surface area contributed by atoms with Gasteiger partial charge < -0.3 is 9.64 Å². The van der Waals surface area contributed by atoms with Crippen LogP contribution in [0, 0.1) is 11.3 Å². The van der Waals surface area contributed by atoms with Crippen LogP contribution in [0.1, 0.15) is 6.42 Å². The molecule has 2 aromatic rings. The highest BCUT2D eigenvalue weighted by Crippen LogP contribution is 2.25. The number of carbonyl (C=O) groups is 1. The van der Waals surface area contributed by atoms with Crippen LogP contribution in [0.25, 0.3) is 10.8 Å². The Hall–Kier alpha value is -2.54.